The second kappa shape index (κ2) is 10.1. The number of ether oxygens (including phenoxy) is 1. The minimum absolute atomic E-state index is 0.0325. The Kier molecular flexibility index (Phi) is 7.50. The molecule has 158 valence electrons. The van der Waals surface area contributed by atoms with Crippen LogP contribution in [0.3, 0.4) is 0 Å². The van der Waals surface area contributed by atoms with E-state index < -0.39 is 0 Å². The Morgan fingerprint density at radius 1 is 1.38 bits per heavy atom. The number of rotatable bonds is 8. The number of anilines is 1. The van der Waals surface area contributed by atoms with Gasteiger partial charge in [-0.25, -0.2) is 4.98 Å². The molecular weight excluding hydrogens is 382 g/mol. The standard InChI is InChI=1S/C22H33N5OS/c1-6-23-22(26(4)14-19-15-29-21(25-19)17(3)28-5)24-13-16(2)27-12-11-18-9-7-8-10-20(18)27/h7-10,15-17H,6,11-14H2,1-5H3,(H,23,24). The van der Waals surface area contributed by atoms with E-state index >= 15 is 0 Å². The van der Waals surface area contributed by atoms with Gasteiger partial charge in [-0.2, -0.15) is 0 Å². The maximum atomic E-state index is 5.37. The Labute approximate surface area is 178 Å². The molecule has 2 unspecified atom stereocenters. The van der Waals surface area contributed by atoms with Crippen LogP contribution < -0.4 is 10.2 Å². The van der Waals surface area contributed by atoms with Crippen molar-refractivity contribution in [2.24, 2.45) is 4.99 Å². The third kappa shape index (κ3) is 5.28. The average molecular weight is 416 g/mol. The maximum Gasteiger partial charge on any atom is 0.194 e. The highest BCUT2D eigenvalue weighted by Gasteiger charge is 2.23. The van der Waals surface area contributed by atoms with E-state index in [9.17, 15) is 0 Å². The van der Waals surface area contributed by atoms with Crippen molar-refractivity contribution in [2.75, 3.05) is 38.7 Å². The number of para-hydroxylation sites is 1. The molecule has 0 fully saturated rings. The first-order valence-electron chi connectivity index (χ1n) is 10.3. The summed E-state index contributed by atoms with van der Waals surface area (Å²) in [7, 11) is 3.78. The molecule has 1 aliphatic rings. The second-order valence-electron chi connectivity index (χ2n) is 7.53. The van der Waals surface area contributed by atoms with Gasteiger partial charge in [-0.15, -0.1) is 11.3 Å². The molecule has 0 radical (unpaired) electrons. The Balaban J connectivity index is 1.64. The van der Waals surface area contributed by atoms with Gasteiger partial charge in [-0.1, -0.05) is 18.2 Å². The number of benzene rings is 1. The van der Waals surface area contributed by atoms with E-state index in [0.717, 1.165) is 49.3 Å². The molecule has 0 amide bonds. The van der Waals surface area contributed by atoms with Gasteiger partial charge in [0.05, 0.1) is 18.8 Å². The lowest BCUT2D eigenvalue weighted by Crippen LogP contribution is -2.40. The highest BCUT2D eigenvalue weighted by molar-refractivity contribution is 7.09. The topological polar surface area (TPSA) is 53.0 Å². The van der Waals surface area contributed by atoms with Crippen LogP contribution in [0.5, 0.6) is 0 Å². The lowest BCUT2D eigenvalue weighted by molar-refractivity contribution is 0.119. The summed E-state index contributed by atoms with van der Waals surface area (Å²) in [6.45, 7) is 9.77. The molecule has 2 atom stereocenters. The van der Waals surface area contributed by atoms with Gasteiger partial charge in [0.1, 0.15) is 11.1 Å². The zero-order valence-electron chi connectivity index (χ0n) is 18.2. The Morgan fingerprint density at radius 2 is 2.17 bits per heavy atom. The lowest BCUT2D eigenvalue weighted by Gasteiger charge is -2.27. The van der Waals surface area contributed by atoms with Crippen molar-refractivity contribution in [1.82, 2.24) is 15.2 Å². The normalized spacial score (nSPS) is 15.9. The Bertz CT molecular complexity index is 821. The summed E-state index contributed by atoms with van der Waals surface area (Å²) in [6, 6.07) is 9.06. The number of hydrogen-bond acceptors (Lipinski definition) is 5. The first-order valence-corrected chi connectivity index (χ1v) is 11.2. The number of thiazole rings is 1. The van der Waals surface area contributed by atoms with Gasteiger partial charge in [0.15, 0.2) is 5.96 Å². The van der Waals surface area contributed by atoms with Crippen molar-refractivity contribution >= 4 is 23.0 Å². The summed E-state index contributed by atoms with van der Waals surface area (Å²) in [5, 5.41) is 6.54. The fourth-order valence-corrected chi connectivity index (χ4v) is 4.45. The quantitative estimate of drug-likeness (QED) is 0.526. The molecule has 7 heteroatoms. The van der Waals surface area contributed by atoms with Crippen molar-refractivity contribution < 1.29 is 4.74 Å². The van der Waals surface area contributed by atoms with Crippen LogP contribution in [0.25, 0.3) is 0 Å². The van der Waals surface area contributed by atoms with Gasteiger partial charge >= 0.3 is 0 Å². The molecule has 6 nitrogen and oxygen atoms in total. The number of guanidine groups is 1. The van der Waals surface area contributed by atoms with Gasteiger partial charge in [0, 0.05) is 44.4 Å². The van der Waals surface area contributed by atoms with Crippen molar-refractivity contribution in [2.45, 2.75) is 45.9 Å². The monoisotopic (exact) mass is 415 g/mol. The first kappa shape index (κ1) is 21.6. The minimum atomic E-state index is 0.0325. The molecule has 0 saturated heterocycles. The molecule has 0 bridgehead atoms. The minimum Gasteiger partial charge on any atom is -0.375 e. The molecule has 29 heavy (non-hydrogen) atoms. The van der Waals surface area contributed by atoms with E-state index in [1.54, 1.807) is 18.4 Å². The summed E-state index contributed by atoms with van der Waals surface area (Å²) < 4.78 is 5.37. The summed E-state index contributed by atoms with van der Waals surface area (Å²) >= 11 is 1.65. The highest BCUT2D eigenvalue weighted by Crippen LogP contribution is 2.29. The summed E-state index contributed by atoms with van der Waals surface area (Å²) in [4.78, 5) is 14.3. The highest BCUT2D eigenvalue weighted by atomic mass is 32.1. The number of fused-ring (bicyclic) bond motifs is 1. The van der Waals surface area contributed by atoms with E-state index in [1.807, 2.05) is 6.92 Å². The van der Waals surface area contributed by atoms with Crippen molar-refractivity contribution in [3.63, 3.8) is 0 Å². The van der Waals surface area contributed by atoms with Crippen molar-refractivity contribution in [3.8, 4) is 0 Å². The smallest absolute Gasteiger partial charge is 0.194 e. The largest absolute Gasteiger partial charge is 0.375 e. The maximum absolute atomic E-state index is 5.37. The van der Waals surface area contributed by atoms with E-state index in [1.165, 1.54) is 11.3 Å². The van der Waals surface area contributed by atoms with E-state index in [0.29, 0.717) is 6.04 Å². The van der Waals surface area contributed by atoms with Crippen molar-refractivity contribution in [3.05, 3.63) is 45.9 Å². The van der Waals surface area contributed by atoms with E-state index in [4.69, 9.17) is 14.7 Å². The predicted octanol–water partition coefficient (Wildman–Crippen LogP) is 3.70. The summed E-state index contributed by atoms with van der Waals surface area (Å²) in [6.07, 6.45) is 1.15. The van der Waals surface area contributed by atoms with Crippen LogP contribution in [-0.4, -0.2) is 55.7 Å². The number of hydrogen-bond donors (Lipinski definition) is 1. The zero-order chi connectivity index (χ0) is 20.8. The molecule has 1 aliphatic heterocycles. The number of nitrogens with one attached hydrogen (secondary N) is 1. The molecule has 0 saturated carbocycles. The van der Waals surface area contributed by atoms with Gasteiger partial charge in [0.25, 0.3) is 0 Å². The molecule has 2 heterocycles. The molecule has 2 aromatic rings. The van der Waals surface area contributed by atoms with Crippen LogP contribution >= 0.6 is 11.3 Å². The van der Waals surface area contributed by atoms with Crippen LogP contribution in [0.4, 0.5) is 5.69 Å². The fraction of sp³-hybridized carbons (Fsp3) is 0.545. The SMILES string of the molecule is CCNC(=NCC(C)N1CCc2ccccc21)N(C)Cc1csc(C(C)OC)n1. The van der Waals surface area contributed by atoms with Crippen LogP contribution in [-0.2, 0) is 17.7 Å². The van der Waals surface area contributed by atoms with Gasteiger partial charge < -0.3 is 19.9 Å². The predicted molar refractivity (Wildman–Crippen MR) is 122 cm³/mol. The lowest BCUT2D eigenvalue weighted by atomic mass is 10.2. The molecule has 3 rings (SSSR count). The molecule has 0 spiro atoms. The van der Waals surface area contributed by atoms with E-state index in [-0.39, 0.29) is 6.10 Å². The number of methoxy groups -OCH3 is 1. The summed E-state index contributed by atoms with van der Waals surface area (Å²) in [5.74, 6) is 0.918. The van der Waals surface area contributed by atoms with Crippen LogP contribution in [0.1, 0.15) is 43.1 Å². The van der Waals surface area contributed by atoms with Crippen LogP contribution in [0.2, 0.25) is 0 Å². The first-order chi connectivity index (χ1) is 14.0. The van der Waals surface area contributed by atoms with Gasteiger partial charge in [-0.3, -0.25) is 4.99 Å². The average Bonchev–Trinajstić information content (AvgIpc) is 3.37. The molecule has 1 aromatic heterocycles. The Hall–Kier alpha value is -2.12. The third-order valence-electron chi connectivity index (χ3n) is 5.33. The fourth-order valence-electron chi connectivity index (χ4n) is 3.61. The zero-order valence-corrected chi connectivity index (χ0v) is 19.0. The number of aliphatic imine (C=N–C) groups is 1. The van der Waals surface area contributed by atoms with Crippen LogP contribution in [0.15, 0.2) is 34.6 Å². The molecule has 0 aliphatic carbocycles. The number of aromatic nitrogens is 1. The van der Waals surface area contributed by atoms with Crippen LogP contribution in [0, 0.1) is 0 Å². The van der Waals surface area contributed by atoms with Gasteiger partial charge in [0.2, 0.25) is 0 Å². The summed E-state index contributed by atoms with van der Waals surface area (Å²) in [5.41, 5.74) is 3.84. The van der Waals surface area contributed by atoms with Crippen molar-refractivity contribution in [1.29, 1.82) is 0 Å². The molecular formula is C22H33N5OS. The Morgan fingerprint density at radius 3 is 2.93 bits per heavy atom. The van der Waals surface area contributed by atoms with Gasteiger partial charge in [-0.05, 0) is 38.8 Å². The number of nitrogens with zero attached hydrogens (tertiary/aromatic N) is 4. The van der Waals surface area contributed by atoms with E-state index in [2.05, 4.69) is 65.7 Å². The molecule has 1 aromatic carbocycles. The molecule has 1 N–H and O–H groups in total. The second-order valence-corrected chi connectivity index (χ2v) is 8.42. The third-order valence-corrected chi connectivity index (χ3v) is 6.38.